The third-order valence-corrected chi connectivity index (χ3v) is 8.27. The zero-order valence-corrected chi connectivity index (χ0v) is 17.8. The van der Waals surface area contributed by atoms with Gasteiger partial charge in [-0.15, -0.1) is 0 Å². The number of hydrogen-bond acceptors (Lipinski definition) is 3. The molecule has 2 bridgehead atoms. The van der Waals surface area contributed by atoms with Gasteiger partial charge >= 0.3 is 0 Å². The van der Waals surface area contributed by atoms with E-state index in [0.29, 0.717) is 17.5 Å². The van der Waals surface area contributed by atoms with Crippen molar-refractivity contribution in [2.45, 2.75) is 50.5 Å². The third kappa shape index (κ3) is 4.04. The Morgan fingerprint density at radius 2 is 1.79 bits per heavy atom. The number of nitrogens with zero attached hydrogens (tertiary/aromatic N) is 1. The molecule has 0 radical (unpaired) electrons. The smallest absolute Gasteiger partial charge is 0.264 e. The van der Waals surface area contributed by atoms with Crippen LogP contribution in [0.15, 0.2) is 53.4 Å². The fourth-order valence-electron chi connectivity index (χ4n) is 4.72. The van der Waals surface area contributed by atoms with Crippen LogP contribution in [0.4, 0.5) is 5.69 Å². The Bertz CT molecular complexity index is 1000. The highest BCUT2D eigenvalue weighted by Crippen LogP contribution is 2.44. The molecule has 2 saturated carbocycles. The van der Waals surface area contributed by atoms with Crippen molar-refractivity contribution >= 4 is 21.6 Å². The van der Waals surface area contributed by atoms with Gasteiger partial charge in [0, 0.05) is 6.04 Å². The average Bonchev–Trinajstić information content (AvgIpc) is 3.32. The number of amides is 1. The quantitative estimate of drug-likeness (QED) is 0.785. The summed E-state index contributed by atoms with van der Waals surface area (Å²) in [5.74, 6) is 1.03. The van der Waals surface area contributed by atoms with Crippen LogP contribution < -0.4 is 9.62 Å². The molecule has 5 nitrogen and oxygen atoms in total. The first-order chi connectivity index (χ1) is 13.8. The molecule has 29 heavy (non-hydrogen) atoms. The molecule has 0 aromatic heterocycles. The van der Waals surface area contributed by atoms with Gasteiger partial charge in [0.25, 0.3) is 10.0 Å². The van der Waals surface area contributed by atoms with Crippen molar-refractivity contribution in [3.8, 4) is 0 Å². The zero-order valence-electron chi connectivity index (χ0n) is 17.0. The maximum absolute atomic E-state index is 13.4. The first kappa shape index (κ1) is 20.0. The molecular formula is C23H28N2O3S. The summed E-state index contributed by atoms with van der Waals surface area (Å²) in [4.78, 5) is 13.1. The van der Waals surface area contributed by atoms with Gasteiger partial charge in [-0.25, -0.2) is 8.42 Å². The summed E-state index contributed by atoms with van der Waals surface area (Å²) in [5, 5.41) is 3.12. The van der Waals surface area contributed by atoms with Gasteiger partial charge in [-0.2, -0.15) is 0 Å². The van der Waals surface area contributed by atoms with Crippen molar-refractivity contribution < 1.29 is 13.2 Å². The van der Waals surface area contributed by atoms with Crippen LogP contribution in [0.5, 0.6) is 0 Å². The van der Waals surface area contributed by atoms with E-state index in [1.807, 2.05) is 26.0 Å². The highest BCUT2D eigenvalue weighted by molar-refractivity contribution is 7.92. The molecule has 2 aromatic rings. The number of nitrogens with one attached hydrogen (secondary N) is 1. The molecule has 0 spiro atoms. The molecule has 0 aliphatic heterocycles. The number of rotatable bonds is 6. The Labute approximate surface area is 173 Å². The largest absolute Gasteiger partial charge is 0.352 e. The topological polar surface area (TPSA) is 66.5 Å². The predicted octanol–water partition coefficient (Wildman–Crippen LogP) is 3.80. The highest BCUT2D eigenvalue weighted by Gasteiger charge is 2.40. The lowest BCUT2D eigenvalue weighted by molar-refractivity contribution is -0.120. The molecule has 154 valence electrons. The molecule has 3 atom stereocenters. The standard InChI is InChI=1S/C23H28N2O3S/c1-16-8-11-20(12-17(16)2)25(29(27,28)21-6-4-3-5-7-21)15-23(26)24-22-14-18-9-10-19(22)13-18/h3-8,11-12,18-19,22H,9-10,13-15H2,1-2H3,(H,24,26). The van der Waals surface area contributed by atoms with E-state index >= 15 is 0 Å². The van der Waals surface area contributed by atoms with E-state index in [2.05, 4.69) is 5.32 Å². The number of sulfonamides is 1. The average molecular weight is 413 g/mol. The molecule has 3 unspecified atom stereocenters. The van der Waals surface area contributed by atoms with Crippen LogP contribution in [-0.4, -0.2) is 26.9 Å². The number of fused-ring (bicyclic) bond motifs is 2. The Morgan fingerprint density at radius 3 is 2.41 bits per heavy atom. The summed E-state index contributed by atoms with van der Waals surface area (Å²) in [6.45, 7) is 3.71. The van der Waals surface area contributed by atoms with Gasteiger partial charge in [0.15, 0.2) is 0 Å². The summed E-state index contributed by atoms with van der Waals surface area (Å²) in [7, 11) is -3.85. The third-order valence-electron chi connectivity index (χ3n) is 6.48. The van der Waals surface area contributed by atoms with Crippen molar-refractivity contribution in [2.24, 2.45) is 11.8 Å². The van der Waals surface area contributed by atoms with E-state index in [1.165, 1.54) is 23.6 Å². The Kier molecular flexibility index (Phi) is 5.38. The Balaban J connectivity index is 1.61. The minimum absolute atomic E-state index is 0.183. The highest BCUT2D eigenvalue weighted by atomic mass is 32.2. The van der Waals surface area contributed by atoms with Crippen LogP contribution in [0.2, 0.25) is 0 Å². The summed E-state index contributed by atoms with van der Waals surface area (Å²) in [5.41, 5.74) is 2.58. The van der Waals surface area contributed by atoms with Crippen LogP contribution in [-0.2, 0) is 14.8 Å². The molecule has 2 fully saturated rings. The number of aryl methyl sites for hydroxylation is 2. The summed E-state index contributed by atoms with van der Waals surface area (Å²) in [6.07, 6.45) is 4.63. The van der Waals surface area contributed by atoms with Gasteiger partial charge in [-0.05, 0) is 80.3 Å². The van der Waals surface area contributed by atoms with Gasteiger partial charge in [-0.1, -0.05) is 30.7 Å². The Hall–Kier alpha value is -2.34. The molecule has 0 saturated heterocycles. The first-order valence-electron chi connectivity index (χ1n) is 10.3. The van der Waals surface area contributed by atoms with Crippen LogP contribution in [0.1, 0.15) is 36.8 Å². The molecule has 2 aliphatic carbocycles. The molecule has 2 aromatic carbocycles. The van der Waals surface area contributed by atoms with Crippen LogP contribution in [0, 0.1) is 25.7 Å². The monoisotopic (exact) mass is 412 g/mol. The van der Waals surface area contributed by atoms with Gasteiger partial charge in [0.2, 0.25) is 5.91 Å². The SMILES string of the molecule is Cc1ccc(N(CC(=O)NC2CC3CCC2C3)S(=O)(=O)c2ccccc2)cc1C. The van der Waals surface area contributed by atoms with Crippen LogP contribution >= 0.6 is 0 Å². The normalized spacial score (nSPS) is 23.2. The lowest BCUT2D eigenvalue weighted by Gasteiger charge is -2.27. The zero-order chi connectivity index (χ0) is 20.6. The number of anilines is 1. The van der Waals surface area contributed by atoms with E-state index in [4.69, 9.17) is 0 Å². The number of carbonyl (C=O) groups excluding carboxylic acids is 1. The Morgan fingerprint density at radius 1 is 1.03 bits per heavy atom. The first-order valence-corrected chi connectivity index (χ1v) is 11.7. The van der Waals surface area contributed by atoms with Crippen molar-refractivity contribution in [1.82, 2.24) is 5.32 Å². The lowest BCUT2D eigenvalue weighted by Crippen LogP contribution is -2.46. The maximum atomic E-state index is 13.4. The molecule has 2 aliphatic rings. The maximum Gasteiger partial charge on any atom is 0.264 e. The fraction of sp³-hybridized carbons (Fsp3) is 0.435. The molecular weight excluding hydrogens is 384 g/mol. The molecule has 4 rings (SSSR count). The van der Waals surface area contributed by atoms with Gasteiger partial charge < -0.3 is 5.32 Å². The molecule has 6 heteroatoms. The fourth-order valence-corrected chi connectivity index (χ4v) is 6.15. The second-order valence-corrected chi connectivity index (χ2v) is 10.3. The minimum Gasteiger partial charge on any atom is -0.352 e. The summed E-state index contributed by atoms with van der Waals surface area (Å²) < 4.78 is 28.0. The van der Waals surface area contributed by atoms with E-state index in [9.17, 15) is 13.2 Å². The van der Waals surface area contributed by atoms with Crippen LogP contribution in [0.3, 0.4) is 0 Å². The van der Waals surface area contributed by atoms with E-state index in [-0.39, 0.29) is 23.4 Å². The van der Waals surface area contributed by atoms with Gasteiger partial charge in [0.1, 0.15) is 6.54 Å². The summed E-state index contributed by atoms with van der Waals surface area (Å²) in [6, 6.07) is 14.0. The van der Waals surface area contributed by atoms with E-state index in [0.717, 1.165) is 17.5 Å². The minimum atomic E-state index is -3.85. The number of carbonyl (C=O) groups is 1. The van der Waals surface area contributed by atoms with Crippen molar-refractivity contribution in [3.05, 3.63) is 59.7 Å². The van der Waals surface area contributed by atoms with Gasteiger partial charge in [0.05, 0.1) is 10.6 Å². The molecule has 1 N–H and O–H groups in total. The van der Waals surface area contributed by atoms with E-state index < -0.39 is 10.0 Å². The van der Waals surface area contributed by atoms with Crippen molar-refractivity contribution in [2.75, 3.05) is 10.8 Å². The lowest BCUT2D eigenvalue weighted by atomic mass is 9.95. The van der Waals surface area contributed by atoms with Gasteiger partial charge in [-0.3, -0.25) is 9.10 Å². The second-order valence-electron chi connectivity index (χ2n) is 8.44. The number of benzene rings is 2. The van der Waals surface area contributed by atoms with Crippen LogP contribution in [0.25, 0.3) is 0 Å². The predicted molar refractivity (Wildman–Crippen MR) is 114 cm³/mol. The molecule has 1 amide bonds. The van der Waals surface area contributed by atoms with Crippen molar-refractivity contribution in [3.63, 3.8) is 0 Å². The summed E-state index contributed by atoms with van der Waals surface area (Å²) >= 11 is 0. The number of hydrogen-bond donors (Lipinski definition) is 1. The second kappa shape index (κ2) is 7.82. The van der Waals surface area contributed by atoms with Crippen molar-refractivity contribution in [1.29, 1.82) is 0 Å². The van der Waals surface area contributed by atoms with E-state index in [1.54, 1.807) is 36.4 Å². The molecule has 0 heterocycles.